The lowest BCUT2D eigenvalue weighted by Crippen LogP contribution is -2.40. The van der Waals surface area contributed by atoms with Crippen molar-refractivity contribution >= 4 is 50.7 Å². The van der Waals surface area contributed by atoms with Gasteiger partial charge < -0.3 is 15.6 Å². The Morgan fingerprint density at radius 2 is 1.91 bits per heavy atom. The molecule has 8 heteroatoms. The molecule has 0 saturated carbocycles. The number of fused-ring (bicyclic) bond motifs is 1. The van der Waals surface area contributed by atoms with E-state index < -0.39 is 9.84 Å². The molecule has 0 bridgehead atoms. The molecule has 0 atom stereocenters. The number of halogens is 1. The first-order chi connectivity index (χ1) is 10.5. The average molecular weight is 450 g/mol. The predicted octanol–water partition coefficient (Wildman–Crippen LogP) is 1.54. The van der Waals surface area contributed by atoms with Crippen LogP contribution in [0.25, 0.3) is 10.9 Å². The highest BCUT2D eigenvalue weighted by Gasteiger charge is 2.05. The van der Waals surface area contributed by atoms with Crippen LogP contribution in [-0.4, -0.2) is 51.5 Å². The van der Waals surface area contributed by atoms with Crippen LogP contribution in [0.4, 0.5) is 0 Å². The summed E-state index contributed by atoms with van der Waals surface area (Å²) in [6, 6.07) is 8.19. The molecule has 0 aliphatic heterocycles. The van der Waals surface area contributed by atoms with Crippen LogP contribution in [0, 0.1) is 0 Å². The second kappa shape index (κ2) is 9.11. The number of benzene rings is 1. The lowest BCUT2D eigenvalue weighted by molar-refractivity contribution is 0.600. The highest BCUT2D eigenvalue weighted by atomic mass is 127. The number of aliphatic imine (C=N–C) groups is 1. The zero-order valence-corrected chi connectivity index (χ0v) is 16.4. The third-order valence-corrected chi connectivity index (χ3v) is 4.30. The zero-order chi connectivity index (χ0) is 16.0. The van der Waals surface area contributed by atoms with Gasteiger partial charge in [-0.25, -0.2) is 8.42 Å². The van der Waals surface area contributed by atoms with Gasteiger partial charge in [0.15, 0.2) is 5.96 Å². The Bertz CT molecular complexity index is 756. The van der Waals surface area contributed by atoms with Gasteiger partial charge in [-0.15, -0.1) is 24.0 Å². The summed E-state index contributed by atoms with van der Waals surface area (Å²) in [5.41, 5.74) is 2.38. The number of sulfone groups is 1. The molecular formula is C15H23IN4O2S. The van der Waals surface area contributed by atoms with E-state index in [1.54, 1.807) is 7.05 Å². The van der Waals surface area contributed by atoms with E-state index in [9.17, 15) is 8.42 Å². The fourth-order valence-corrected chi connectivity index (χ4v) is 2.70. The minimum atomic E-state index is -2.96. The highest BCUT2D eigenvalue weighted by molar-refractivity contribution is 14.0. The van der Waals surface area contributed by atoms with Crippen molar-refractivity contribution in [2.24, 2.45) is 4.99 Å². The second-order valence-corrected chi connectivity index (χ2v) is 7.42. The maximum absolute atomic E-state index is 11.1. The Balaban J connectivity index is 0.00000264. The van der Waals surface area contributed by atoms with Crippen molar-refractivity contribution < 1.29 is 8.42 Å². The van der Waals surface area contributed by atoms with E-state index in [4.69, 9.17) is 0 Å². The molecule has 0 fully saturated rings. The summed E-state index contributed by atoms with van der Waals surface area (Å²) in [5, 5.41) is 7.41. The van der Waals surface area contributed by atoms with E-state index >= 15 is 0 Å². The van der Waals surface area contributed by atoms with Gasteiger partial charge in [0, 0.05) is 43.5 Å². The first-order valence-electron chi connectivity index (χ1n) is 7.17. The molecule has 0 radical (unpaired) electrons. The molecule has 1 aromatic carbocycles. The van der Waals surface area contributed by atoms with Gasteiger partial charge in [0.2, 0.25) is 0 Å². The smallest absolute Gasteiger partial charge is 0.191 e. The molecule has 128 valence electrons. The molecule has 2 rings (SSSR count). The van der Waals surface area contributed by atoms with Crippen LogP contribution >= 0.6 is 24.0 Å². The van der Waals surface area contributed by atoms with Gasteiger partial charge in [-0.3, -0.25) is 4.99 Å². The summed E-state index contributed by atoms with van der Waals surface area (Å²) in [7, 11) is -1.29. The molecule has 0 spiro atoms. The van der Waals surface area contributed by atoms with Gasteiger partial charge in [-0.2, -0.15) is 0 Å². The molecule has 6 nitrogen and oxygen atoms in total. The van der Waals surface area contributed by atoms with Gasteiger partial charge in [0.25, 0.3) is 0 Å². The van der Waals surface area contributed by atoms with Crippen molar-refractivity contribution in [3.63, 3.8) is 0 Å². The van der Waals surface area contributed by atoms with Crippen molar-refractivity contribution in [2.45, 2.75) is 6.42 Å². The van der Waals surface area contributed by atoms with E-state index in [0.29, 0.717) is 12.5 Å². The molecule has 0 aliphatic carbocycles. The number of H-pyrrole nitrogens is 1. The number of hydrogen-bond acceptors (Lipinski definition) is 3. The Morgan fingerprint density at radius 1 is 1.22 bits per heavy atom. The van der Waals surface area contributed by atoms with Gasteiger partial charge in [-0.1, -0.05) is 18.2 Å². The third-order valence-electron chi connectivity index (χ3n) is 3.35. The molecule has 0 aliphatic rings. The van der Waals surface area contributed by atoms with Gasteiger partial charge >= 0.3 is 0 Å². The van der Waals surface area contributed by atoms with Gasteiger partial charge in [0.05, 0.1) is 5.75 Å². The molecule has 1 heterocycles. The molecule has 1 aromatic heterocycles. The highest BCUT2D eigenvalue weighted by Crippen LogP contribution is 2.17. The van der Waals surface area contributed by atoms with E-state index in [1.807, 2.05) is 18.3 Å². The molecule has 3 N–H and O–H groups in total. The molecule has 0 unspecified atom stereocenters. The molecule has 0 saturated heterocycles. The maximum atomic E-state index is 11.1. The number of hydrogen-bond donors (Lipinski definition) is 3. The summed E-state index contributed by atoms with van der Waals surface area (Å²) in [4.78, 5) is 7.33. The Hall–Kier alpha value is -1.29. The second-order valence-electron chi connectivity index (χ2n) is 5.17. The van der Waals surface area contributed by atoms with Crippen molar-refractivity contribution in [2.75, 3.05) is 32.1 Å². The lowest BCUT2D eigenvalue weighted by atomic mass is 10.1. The summed E-state index contributed by atoms with van der Waals surface area (Å²) >= 11 is 0. The average Bonchev–Trinajstić information content (AvgIpc) is 2.88. The number of aromatic nitrogens is 1. The van der Waals surface area contributed by atoms with Gasteiger partial charge in [0.1, 0.15) is 9.84 Å². The summed E-state index contributed by atoms with van der Waals surface area (Å²) in [6.45, 7) is 1.08. The molecule has 0 amide bonds. The Kier molecular flexibility index (Phi) is 7.83. The minimum absolute atomic E-state index is 0. The van der Waals surface area contributed by atoms with E-state index in [-0.39, 0.29) is 29.7 Å². The zero-order valence-electron chi connectivity index (χ0n) is 13.3. The van der Waals surface area contributed by atoms with Crippen LogP contribution in [0.15, 0.2) is 35.5 Å². The van der Waals surface area contributed by atoms with Crippen molar-refractivity contribution in [3.8, 4) is 0 Å². The maximum Gasteiger partial charge on any atom is 0.191 e. The van der Waals surface area contributed by atoms with Crippen LogP contribution in [0.5, 0.6) is 0 Å². The minimum Gasteiger partial charge on any atom is -0.361 e. The van der Waals surface area contributed by atoms with E-state index in [1.165, 1.54) is 17.2 Å². The largest absolute Gasteiger partial charge is 0.361 e. The number of nitrogens with zero attached hydrogens (tertiary/aromatic N) is 1. The van der Waals surface area contributed by atoms with E-state index in [0.717, 1.165) is 18.5 Å². The SMILES string of the molecule is CN=C(NCCc1c[nH]c2ccccc12)NCCS(C)(=O)=O.I. The summed E-state index contributed by atoms with van der Waals surface area (Å²) in [6.07, 6.45) is 4.10. The number of nitrogens with one attached hydrogen (secondary N) is 3. The number of guanidine groups is 1. The van der Waals surface area contributed by atoms with Crippen LogP contribution in [0.3, 0.4) is 0 Å². The predicted molar refractivity (Wildman–Crippen MR) is 106 cm³/mol. The number of para-hydroxylation sites is 1. The number of aromatic amines is 1. The summed E-state index contributed by atoms with van der Waals surface area (Å²) in [5.74, 6) is 0.708. The first-order valence-corrected chi connectivity index (χ1v) is 9.23. The number of rotatable bonds is 6. The monoisotopic (exact) mass is 450 g/mol. The van der Waals surface area contributed by atoms with E-state index in [2.05, 4.69) is 32.7 Å². The normalized spacial score (nSPS) is 12.0. The third kappa shape index (κ3) is 6.38. The first kappa shape index (κ1) is 19.8. The Labute approximate surface area is 154 Å². The van der Waals surface area contributed by atoms with Crippen molar-refractivity contribution in [1.29, 1.82) is 0 Å². The fourth-order valence-electron chi connectivity index (χ4n) is 2.23. The standard InChI is InChI=1S/C15H22N4O2S.HI/c1-16-15(18-9-10-22(2,20)21)17-8-7-12-11-19-14-6-4-3-5-13(12)14;/h3-6,11,19H,7-10H2,1-2H3,(H2,16,17,18);1H. The van der Waals surface area contributed by atoms with Gasteiger partial charge in [-0.05, 0) is 18.1 Å². The molecule has 2 aromatic rings. The lowest BCUT2D eigenvalue weighted by Gasteiger charge is -2.11. The van der Waals surface area contributed by atoms with Crippen molar-refractivity contribution in [1.82, 2.24) is 15.6 Å². The Morgan fingerprint density at radius 3 is 2.61 bits per heavy atom. The molecular weight excluding hydrogens is 427 g/mol. The fraction of sp³-hybridized carbons (Fsp3) is 0.400. The van der Waals surface area contributed by atoms with Crippen LogP contribution in [0.2, 0.25) is 0 Å². The topological polar surface area (TPSA) is 86.3 Å². The molecule has 23 heavy (non-hydrogen) atoms. The van der Waals surface area contributed by atoms with Crippen LogP contribution in [0.1, 0.15) is 5.56 Å². The summed E-state index contributed by atoms with van der Waals surface area (Å²) < 4.78 is 22.2. The van der Waals surface area contributed by atoms with Crippen LogP contribution < -0.4 is 10.6 Å². The van der Waals surface area contributed by atoms with Crippen LogP contribution in [-0.2, 0) is 16.3 Å². The quantitative estimate of drug-likeness (QED) is 0.354. The van der Waals surface area contributed by atoms with Crippen molar-refractivity contribution in [3.05, 3.63) is 36.0 Å².